The molecule has 1 aliphatic rings. The van der Waals surface area contributed by atoms with Gasteiger partial charge in [-0.3, -0.25) is 10.6 Å². The normalized spacial score (nSPS) is 16.9. The third kappa shape index (κ3) is 14.9. The maximum absolute atomic E-state index is 13.7. The fourth-order valence-electron chi connectivity index (χ4n) is 6.93. The van der Waals surface area contributed by atoms with Crippen LogP contribution in [0.25, 0.3) is 0 Å². The Kier molecular flexibility index (Phi) is 16.2. The molecule has 13 nitrogen and oxygen atoms in total. The van der Waals surface area contributed by atoms with Crippen LogP contribution in [0.5, 0.6) is 0 Å². The molecule has 0 radical (unpaired) electrons. The van der Waals surface area contributed by atoms with E-state index in [2.05, 4.69) is 66.0 Å². The lowest BCUT2D eigenvalue weighted by molar-refractivity contribution is -0.726. The van der Waals surface area contributed by atoms with Gasteiger partial charge < -0.3 is 28.6 Å². The zero-order valence-electron chi connectivity index (χ0n) is 33.7. The lowest BCUT2D eigenvalue weighted by atomic mass is 10.3. The number of hydrogen-bond acceptors (Lipinski definition) is 7. The highest BCUT2D eigenvalue weighted by Gasteiger charge is 2.62. The fraction of sp³-hybridized carbons (Fsp3) is 0.462. The number of nitrogens with zero attached hydrogens (tertiary/aromatic N) is 2. The maximum Gasteiger partial charge on any atom is 0.423 e. The molecule has 1 aliphatic heterocycles. The predicted octanol–water partition coefficient (Wildman–Crippen LogP) is 8.20. The first kappa shape index (κ1) is 43.8. The van der Waals surface area contributed by atoms with Crippen molar-refractivity contribution in [1.82, 2.24) is 15.7 Å². The van der Waals surface area contributed by atoms with Crippen LogP contribution in [0.1, 0.15) is 19.8 Å². The molecule has 55 heavy (non-hydrogen) atoms. The number of nitrogens with one attached hydrogen (secondary N) is 5. The standard InChI is InChI=1S/C39H61N7O6Si3/c1-8-50-40-26-28-45(38(48)42-34-22-14-10-15-23-34)27-18-30-53(2,3)51-55(6,7)52-54(4,5)31-19-29-46(39(49)43-35-24-16-11-17-25-35)32-36(46)44-37(47)41-33-20-12-9-13-21-33/h9-17,20-25,36,40H,8,18-19,26-32H2,1-7H3,(H3-,41,42,43,44,47,48,49)/p+1. The van der Waals surface area contributed by atoms with Crippen LogP contribution in [0.3, 0.4) is 0 Å². The zero-order chi connectivity index (χ0) is 40.0. The summed E-state index contributed by atoms with van der Waals surface area (Å²) in [6.07, 6.45) is 1.25. The first-order valence-electron chi connectivity index (χ1n) is 19.3. The summed E-state index contributed by atoms with van der Waals surface area (Å²) in [5.41, 5.74) is 5.09. The highest BCUT2D eigenvalue weighted by molar-refractivity contribution is 6.87. The minimum atomic E-state index is -2.53. The number of hydroxylamine groups is 1. The Morgan fingerprint density at radius 2 is 1.22 bits per heavy atom. The van der Waals surface area contributed by atoms with E-state index in [1.807, 2.05) is 103 Å². The third-order valence-corrected chi connectivity index (χ3v) is 20.8. The van der Waals surface area contributed by atoms with Crippen LogP contribution in [0.15, 0.2) is 91.0 Å². The van der Waals surface area contributed by atoms with E-state index in [4.69, 9.17) is 13.1 Å². The average Bonchev–Trinajstić information content (AvgIpc) is 3.82. The van der Waals surface area contributed by atoms with Crippen molar-refractivity contribution in [3.63, 3.8) is 0 Å². The number of amides is 6. The summed E-state index contributed by atoms with van der Waals surface area (Å²) in [7, 11) is -6.89. The Morgan fingerprint density at radius 3 is 1.76 bits per heavy atom. The van der Waals surface area contributed by atoms with Gasteiger partial charge in [0.2, 0.25) is 6.17 Å². The molecule has 300 valence electrons. The first-order chi connectivity index (χ1) is 26.1. The number of carbonyl (C=O) groups excluding carboxylic acids is 3. The van der Waals surface area contributed by atoms with E-state index in [1.54, 1.807) is 0 Å². The molecule has 1 heterocycles. The van der Waals surface area contributed by atoms with E-state index in [9.17, 15) is 14.4 Å². The van der Waals surface area contributed by atoms with Crippen molar-refractivity contribution in [2.24, 2.45) is 0 Å². The molecule has 2 atom stereocenters. The van der Waals surface area contributed by atoms with Crippen molar-refractivity contribution in [1.29, 1.82) is 0 Å². The summed E-state index contributed by atoms with van der Waals surface area (Å²) in [6.45, 7) is 18.3. The second-order valence-corrected chi connectivity index (χ2v) is 28.1. The first-order valence-corrected chi connectivity index (χ1v) is 28.4. The number of carbonyl (C=O) groups is 3. The Bertz CT molecular complexity index is 1660. The van der Waals surface area contributed by atoms with Gasteiger partial charge in [-0.2, -0.15) is 0 Å². The van der Waals surface area contributed by atoms with Gasteiger partial charge in [0.15, 0.2) is 23.2 Å². The summed E-state index contributed by atoms with van der Waals surface area (Å²) >= 11 is 0. The smallest absolute Gasteiger partial charge is 0.423 e. The molecule has 6 amide bonds. The van der Waals surface area contributed by atoms with Crippen molar-refractivity contribution in [2.75, 3.05) is 55.3 Å². The van der Waals surface area contributed by atoms with Crippen LogP contribution in [0.2, 0.25) is 51.4 Å². The second kappa shape index (κ2) is 20.3. The van der Waals surface area contributed by atoms with Crippen molar-refractivity contribution in [3.8, 4) is 0 Å². The fourth-order valence-corrected chi connectivity index (χ4v) is 21.0. The lowest BCUT2D eigenvalue weighted by Crippen LogP contribution is -2.53. The van der Waals surface area contributed by atoms with Crippen LogP contribution in [-0.2, 0) is 13.1 Å². The van der Waals surface area contributed by atoms with Crippen LogP contribution in [0.4, 0.5) is 31.4 Å². The molecule has 0 aromatic heterocycles. The zero-order valence-corrected chi connectivity index (χ0v) is 36.7. The summed E-state index contributed by atoms with van der Waals surface area (Å²) in [5.74, 6) is 0. The van der Waals surface area contributed by atoms with E-state index in [1.165, 1.54) is 0 Å². The van der Waals surface area contributed by atoms with Crippen LogP contribution >= 0.6 is 0 Å². The molecule has 0 aliphatic carbocycles. The molecule has 0 saturated carbocycles. The van der Waals surface area contributed by atoms with Gasteiger partial charge in [0.1, 0.15) is 0 Å². The van der Waals surface area contributed by atoms with E-state index in [-0.39, 0.29) is 28.7 Å². The maximum atomic E-state index is 13.7. The molecule has 1 fully saturated rings. The highest BCUT2D eigenvalue weighted by atomic mass is 28.5. The van der Waals surface area contributed by atoms with Gasteiger partial charge in [0.25, 0.3) is 0 Å². The molecule has 0 bridgehead atoms. The molecule has 16 heteroatoms. The molecule has 2 unspecified atom stereocenters. The average molecular weight is 809 g/mol. The van der Waals surface area contributed by atoms with Crippen molar-refractivity contribution in [3.05, 3.63) is 91.0 Å². The summed E-state index contributed by atoms with van der Waals surface area (Å²) < 4.78 is 14.0. The number of para-hydroxylation sites is 3. The third-order valence-electron chi connectivity index (χ3n) is 9.35. The highest BCUT2D eigenvalue weighted by Crippen LogP contribution is 2.34. The Labute approximate surface area is 330 Å². The van der Waals surface area contributed by atoms with Crippen LogP contribution < -0.4 is 26.7 Å². The molecule has 1 saturated heterocycles. The van der Waals surface area contributed by atoms with Gasteiger partial charge in [-0.15, -0.1) is 0 Å². The molecule has 3 aromatic rings. The molecule has 3 aromatic carbocycles. The molecule has 4 rings (SSSR count). The van der Waals surface area contributed by atoms with E-state index in [0.29, 0.717) is 45.0 Å². The minimum Gasteiger partial charge on any atom is -0.437 e. The van der Waals surface area contributed by atoms with E-state index in [0.717, 1.165) is 36.3 Å². The summed E-state index contributed by atoms with van der Waals surface area (Å²) in [5, 5.41) is 12.0. The van der Waals surface area contributed by atoms with Crippen molar-refractivity contribution < 1.29 is 31.9 Å². The monoisotopic (exact) mass is 808 g/mol. The van der Waals surface area contributed by atoms with E-state index >= 15 is 0 Å². The van der Waals surface area contributed by atoms with Gasteiger partial charge >= 0.3 is 26.7 Å². The number of rotatable bonds is 21. The van der Waals surface area contributed by atoms with Crippen LogP contribution in [-0.4, -0.2) is 98.2 Å². The predicted molar refractivity (Wildman–Crippen MR) is 228 cm³/mol. The molecular formula is C39H62N7O6Si3+. The number of quaternary nitrogens is 1. The Morgan fingerprint density at radius 1 is 0.709 bits per heavy atom. The Hall–Kier alpha value is -3.88. The second-order valence-electron chi connectivity index (χ2n) is 15.7. The SMILES string of the molecule is CCONCCN(CCC[Si](C)(C)O[Si](C)(C)O[Si](C)(C)CCC[N+]1(C(=O)Nc2ccccc2)CC1NC(=O)Nc1ccccc1)C(=O)Nc1ccccc1. The van der Waals surface area contributed by atoms with Gasteiger partial charge in [-0.1, -0.05) is 54.6 Å². The largest absolute Gasteiger partial charge is 0.437 e. The van der Waals surface area contributed by atoms with Crippen LogP contribution in [0, 0.1) is 0 Å². The molecular weight excluding hydrogens is 747 g/mol. The number of benzene rings is 3. The topological polar surface area (TPSA) is 142 Å². The molecule has 0 spiro atoms. The van der Waals surface area contributed by atoms with Gasteiger partial charge in [-0.25, -0.2) is 24.3 Å². The van der Waals surface area contributed by atoms with Gasteiger partial charge in [0, 0.05) is 36.7 Å². The van der Waals surface area contributed by atoms with Gasteiger partial charge in [-0.05, 0) is 108 Å². The molecule has 5 N–H and O–H groups in total. The van der Waals surface area contributed by atoms with Gasteiger partial charge in [0.05, 0.1) is 13.2 Å². The summed E-state index contributed by atoms with van der Waals surface area (Å²) in [4.78, 5) is 46.9. The lowest BCUT2D eigenvalue weighted by Gasteiger charge is -2.39. The van der Waals surface area contributed by atoms with E-state index < -0.39 is 25.2 Å². The quantitative estimate of drug-likeness (QED) is 0.0240. The van der Waals surface area contributed by atoms with Crippen molar-refractivity contribution in [2.45, 2.75) is 77.3 Å². The minimum absolute atomic E-state index is 0.126. The Balaban J connectivity index is 1.29. The number of urea groups is 3. The number of hydrogen-bond donors (Lipinski definition) is 5. The van der Waals surface area contributed by atoms with Crippen molar-refractivity contribution >= 4 is 60.4 Å². The number of anilines is 3. The summed E-state index contributed by atoms with van der Waals surface area (Å²) in [6, 6.07) is 29.3.